The maximum Gasteiger partial charge on any atom is 0.337 e. The number of rotatable bonds is 9. The number of aliphatic imine (C=N–C) groups is 1. The number of ether oxygens (including phenoxy) is 3. The van der Waals surface area contributed by atoms with E-state index in [-0.39, 0.29) is 41.7 Å². The predicted molar refractivity (Wildman–Crippen MR) is 170 cm³/mol. The van der Waals surface area contributed by atoms with Crippen molar-refractivity contribution in [2.45, 2.75) is 50.9 Å². The predicted octanol–water partition coefficient (Wildman–Crippen LogP) is 5.27. The Morgan fingerprint density at radius 2 is 1.96 bits per heavy atom. The van der Waals surface area contributed by atoms with Crippen LogP contribution in [-0.2, 0) is 22.6 Å². The van der Waals surface area contributed by atoms with Crippen molar-refractivity contribution in [2.75, 3.05) is 44.5 Å². The number of nitrogens with two attached hydrogens (primary N) is 1. The summed E-state index contributed by atoms with van der Waals surface area (Å²) in [4.78, 5) is 27.4. The average molecular weight is 631 g/mol. The van der Waals surface area contributed by atoms with Crippen LogP contribution in [0, 0.1) is 17.0 Å². The van der Waals surface area contributed by atoms with E-state index in [0.717, 1.165) is 66.3 Å². The Labute approximate surface area is 265 Å². The third kappa shape index (κ3) is 5.55. The van der Waals surface area contributed by atoms with Gasteiger partial charge in [0.15, 0.2) is 17.5 Å². The van der Waals surface area contributed by atoms with Crippen LogP contribution in [0.5, 0.6) is 5.88 Å². The smallest absolute Gasteiger partial charge is 0.337 e. The monoisotopic (exact) mass is 630 g/mol. The first-order chi connectivity index (χ1) is 22.3. The standard InChI is InChI=1S/C34H36F2N6O4/c1-38-17-22-4-3-20(13-27(22)37)19-46-32-26(36)15-25(35)31(40-32)41-10-8-34(9-11-41)16-24(34)30-39-28-6-5-21(33(43)44-2)14-29(28)42(30)18-23-7-12-45-23/h3-6,13-15,17,23-24H,7-12,16,18-19,37H2,1-2H3. The number of hydrogen-bond donors (Lipinski definition) is 1. The first kappa shape index (κ1) is 30.1. The van der Waals surface area contributed by atoms with Gasteiger partial charge in [-0.05, 0) is 60.9 Å². The van der Waals surface area contributed by atoms with E-state index in [0.29, 0.717) is 30.9 Å². The topological polar surface area (TPSA) is 117 Å². The molecule has 10 nitrogen and oxygen atoms in total. The van der Waals surface area contributed by atoms with Crippen LogP contribution >= 0.6 is 0 Å². The summed E-state index contributed by atoms with van der Waals surface area (Å²) in [5.74, 6) is -0.898. The lowest BCUT2D eigenvalue weighted by molar-refractivity contribution is -0.0590. The highest BCUT2D eigenvalue weighted by atomic mass is 19.1. The Hall–Kier alpha value is -4.58. The summed E-state index contributed by atoms with van der Waals surface area (Å²) < 4.78 is 48.4. The summed E-state index contributed by atoms with van der Waals surface area (Å²) in [6.45, 7) is 2.59. The molecule has 2 atom stereocenters. The van der Waals surface area contributed by atoms with Crippen LogP contribution in [0.3, 0.4) is 0 Å². The number of hydrogen-bond acceptors (Lipinski definition) is 9. The fourth-order valence-electron chi connectivity index (χ4n) is 6.79. The third-order valence-corrected chi connectivity index (χ3v) is 9.61. The zero-order valence-corrected chi connectivity index (χ0v) is 25.8. The molecule has 4 heterocycles. The number of methoxy groups -OCH3 is 1. The zero-order chi connectivity index (χ0) is 32.0. The van der Waals surface area contributed by atoms with Crippen molar-refractivity contribution in [3.8, 4) is 5.88 Å². The van der Waals surface area contributed by atoms with Crippen LogP contribution in [0.15, 0.2) is 47.5 Å². The molecule has 12 heteroatoms. The van der Waals surface area contributed by atoms with Crippen molar-refractivity contribution in [3.63, 3.8) is 0 Å². The van der Waals surface area contributed by atoms with Crippen molar-refractivity contribution in [3.05, 3.63) is 76.6 Å². The number of pyridine rings is 1. The van der Waals surface area contributed by atoms with Gasteiger partial charge in [-0.25, -0.2) is 18.6 Å². The molecule has 4 aromatic rings. The van der Waals surface area contributed by atoms with Gasteiger partial charge in [-0.1, -0.05) is 12.1 Å². The number of benzene rings is 2. The number of nitrogen functional groups attached to an aromatic ring is 1. The summed E-state index contributed by atoms with van der Waals surface area (Å²) in [7, 11) is 3.04. The molecule has 1 aliphatic carbocycles. The van der Waals surface area contributed by atoms with Gasteiger partial charge in [0.05, 0.1) is 36.4 Å². The molecule has 0 amide bonds. The molecule has 2 N–H and O–H groups in total. The van der Waals surface area contributed by atoms with E-state index in [1.807, 2.05) is 29.2 Å². The number of piperidine rings is 1. The average Bonchev–Trinajstić information content (AvgIpc) is 3.60. The molecule has 0 bridgehead atoms. The summed E-state index contributed by atoms with van der Waals surface area (Å²) in [6, 6.07) is 11.7. The summed E-state index contributed by atoms with van der Waals surface area (Å²) in [5.41, 5.74) is 10.4. The normalized spacial score (nSPS) is 20.3. The zero-order valence-electron chi connectivity index (χ0n) is 25.8. The largest absolute Gasteiger partial charge is 0.471 e. The molecule has 0 radical (unpaired) electrons. The van der Waals surface area contributed by atoms with E-state index >= 15 is 4.39 Å². The van der Waals surface area contributed by atoms with E-state index in [1.165, 1.54) is 7.11 Å². The molecule has 2 aliphatic heterocycles. The highest BCUT2D eigenvalue weighted by molar-refractivity contribution is 5.93. The Bertz CT molecular complexity index is 1830. The fourth-order valence-corrected chi connectivity index (χ4v) is 6.79. The van der Waals surface area contributed by atoms with Gasteiger partial charge in [0.2, 0.25) is 0 Å². The second-order valence-corrected chi connectivity index (χ2v) is 12.4. The molecule has 2 saturated heterocycles. The maximum atomic E-state index is 15.1. The van der Waals surface area contributed by atoms with E-state index < -0.39 is 11.6 Å². The molecule has 46 heavy (non-hydrogen) atoms. The van der Waals surface area contributed by atoms with Crippen LogP contribution in [0.1, 0.15) is 58.9 Å². The molecule has 1 saturated carbocycles. The van der Waals surface area contributed by atoms with Gasteiger partial charge in [-0.3, -0.25) is 4.99 Å². The van der Waals surface area contributed by atoms with Crippen molar-refractivity contribution < 1.29 is 27.8 Å². The molecule has 2 aromatic heterocycles. The molecular formula is C34H36F2N6O4. The third-order valence-electron chi connectivity index (χ3n) is 9.61. The van der Waals surface area contributed by atoms with Gasteiger partial charge >= 0.3 is 5.97 Å². The van der Waals surface area contributed by atoms with Gasteiger partial charge in [0.25, 0.3) is 5.88 Å². The summed E-state index contributed by atoms with van der Waals surface area (Å²) in [6.07, 6.45) is 5.36. The van der Waals surface area contributed by atoms with Crippen molar-refractivity contribution in [1.29, 1.82) is 0 Å². The minimum absolute atomic E-state index is 0.0293. The fraction of sp³-hybridized carbons (Fsp3) is 0.412. The molecule has 7 rings (SSSR count). The number of carbonyl (C=O) groups is 1. The van der Waals surface area contributed by atoms with Gasteiger partial charge < -0.3 is 29.4 Å². The highest BCUT2D eigenvalue weighted by Crippen LogP contribution is 2.65. The van der Waals surface area contributed by atoms with Crippen LogP contribution in [-0.4, -0.2) is 66.7 Å². The molecule has 2 aromatic carbocycles. The molecule has 3 aliphatic rings. The Balaban J connectivity index is 1.06. The van der Waals surface area contributed by atoms with Crippen LogP contribution in [0.25, 0.3) is 11.0 Å². The number of anilines is 2. The highest BCUT2D eigenvalue weighted by Gasteiger charge is 2.57. The Kier molecular flexibility index (Phi) is 7.83. The Morgan fingerprint density at radius 1 is 1.15 bits per heavy atom. The van der Waals surface area contributed by atoms with Crippen LogP contribution in [0.2, 0.25) is 0 Å². The van der Waals surface area contributed by atoms with Crippen molar-refractivity contribution in [2.24, 2.45) is 10.4 Å². The summed E-state index contributed by atoms with van der Waals surface area (Å²) >= 11 is 0. The van der Waals surface area contributed by atoms with E-state index in [1.54, 1.807) is 25.4 Å². The lowest BCUT2D eigenvalue weighted by Crippen LogP contribution is -2.36. The minimum Gasteiger partial charge on any atom is -0.471 e. The lowest BCUT2D eigenvalue weighted by atomic mass is 9.90. The minimum atomic E-state index is -0.857. The number of imidazole rings is 1. The van der Waals surface area contributed by atoms with E-state index in [9.17, 15) is 9.18 Å². The van der Waals surface area contributed by atoms with E-state index in [2.05, 4.69) is 14.5 Å². The van der Waals surface area contributed by atoms with Crippen molar-refractivity contribution >= 4 is 34.7 Å². The molecule has 3 fully saturated rings. The van der Waals surface area contributed by atoms with Crippen LogP contribution < -0.4 is 15.4 Å². The van der Waals surface area contributed by atoms with E-state index in [4.69, 9.17) is 24.9 Å². The van der Waals surface area contributed by atoms with Crippen LogP contribution in [0.4, 0.5) is 20.3 Å². The molecular weight excluding hydrogens is 594 g/mol. The first-order valence-electron chi connectivity index (χ1n) is 15.5. The quantitative estimate of drug-likeness (QED) is 0.151. The van der Waals surface area contributed by atoms with Crippen molar-refractivity contribution in [1.82, 2.24) is 14.5 Å². The van der Waals surface area contributed by atoms with Gasteiger partial charge in [0, 0.05) is 56.2 Å². The van der Waals surface area contributed by atoms with Gasteiger partial charge in [-0.2, -0.15) is 4.98 Å². The number of esters is 1. The maximum absolute atomic E-state index is 15.1. The number of halogens is 2. The number of carbonyl (C=O) groups excluding carboxylic acids is 1. The second kappa shape index (κ2) is 12.0. The first-order valence-corrected chi connectivity index (χ1v) is 15.5. The molecule has 2 unspecified atom stereocenters. The molecule has 1 spiro atoms. The molecule has 240 valence electrons. The lowest BCUT2D eigenvalue weighted by Gasteiger charge is -2.34. The SMILES string of the molecule is CN=Cc1ccc(COc2nc(N3CCC4(CC3)CC4c3nc4ccc(C(=O)OC)cc4n3CC3CCO3)c(F)cc2F)cc1N. The second-order valence-electron chi connectivity index (χ2n) is 12.4. The van der Waals surface area contributed by atoms with Gasteiger partial charge in [-0.15, -0.1) is 0 Å². The number of nitrogens with zero attached hydrogens (tertiary/aromatic N) is 5. The number of aromatic nitrogens is 3. The number of fused-ring (bicyclic) bond motifs is 1. The van der Waals surface area contributed by atoms with Gasteiger partial charge in [0.1, 0.15) is 12.4 Å². The summed E-state index contributed by atoms with van der Waals surface area (Å²) in [5, 5.41) is 0. The Morgan fingerprint density at radius 3 is 2.65 bits per heavy atom.